The van der Waals surface area contributed by atoms with Crippen molar-refractivity contribution in [2.45, 2.75) is 17.9 Å². The highest BCUT2D eigenvalue weighted by molar-refractivity contribution is 9.41. The van der Waals surface area contributed by atoms with Crippen LogP contribution in [-0.2, 0) is 4.74 Å². The summed E-state index contributed by atoms with van der Waals surface area (Å²) in [6.07, 6.45) is 1.27. The van der Waals surface area contributed by atoms with Crippen LogP contribution in [0.3, 0.4) is 0 Å². The summed E-state index contributed by atoms with van der Waals surface area (Å²) >= 11 is 17.4. The van der Waals surface area contributed by atoms with Crippen LogP contribution in [0.5, 0.6) is 0 Å². The zero-order chi connectivity index (χ0) is 8.70. The zero-order valence-electron chi connectivity index (χ0n) is 5.29. The van der Waals surface area contributed by atoms with Crippen molar-refractivity contribution < 1.29 is 4.74 Å². The van der Waals surface area contributed by atoms with Crippen molar-refractivity contribution in [3.05, 3.63) is 0 Å². The molecule has 1 rings (SSSR count). The van der Waals surface area contributed by atoms with Gasteiger partial charge in [-0.2, -0.15) is 0 Å². The Morgan fingerprint density at radius 3 is 1.91 bits per heavy atom. The molecule has 0 spiro atoms. The summed E-state index contributed by atoms with van der Waals surface area (Å²) in [5.41, 5.74) is 0. The fraction of sp³-hybridized carbons (Fsp3) is 1.00. The van der Waals surface area contributed by atoms with Gasteiger partial charge >= 0.3 is 0 Å². The fourth-order valence-electron chi connectivity index (χ4n) is 0.588. The number of rotatable bonds is 2. The van der Waals surface area contributed by atoms with Gasteiger partial charge in [-0.05, 0) is 0 Å². The normalized spacial score (nSPS) is 25.4. The molecule has 0 aromatic carbocycles. The molecule has 1 atom stereocenters. The number of hydrogen-bond donors (Lipinski definition) is 0. The van der Waals surface area contributed by atoms with E-state index in [9.17, 15) is 0 Å². The highest BCUT2D eigenvalue weighted by Gasteiger charge is 2.46. The number of alkyl halides is 5. The lowest BCUT2D eigenvalue weighted by molar-refractivity contribution is 0.394. The number of hydrogen-bond acceptors (Lipinski definition) is 1. The van der Waals surface area contributed by atoms with Gasteiger partial charge in [-0.1, -0.05) is 79.6 Å². The molecule has 6 heteroatoms. The van der Waals surface area contributed by atoms with Crippen LogP contribution in [-0.4, -0.2) is 18.1 Å². The number of ether oxygens (including phenoxy) is 1. The molecule has 0 saturated carbocycles. The summed E-state index contributed by atoms with van der Waals surface area (Å²) in [4.78, 5) is 0. The smallest absolute Gasteiger partial charge is 0.159 e. The Morgan fingerprint density at radius 1 is 1.18 bits per heavy atom. The SMILES string of the molecule is BrC(Br)(Br)C(Br)(Br)CC1CO1. The second kappa shape index (κ2) is 3.85. The van der Waals surface area contributed by atoms with Crippen molar-refractivity contribution in [2.75, 3.05) is 6.61 Å². The van der Waals surface area contributed by atoms with Gasteiger partial charge in [0.05, 0.1) is 12.7 Å². The first-order valence-corrected chi connectivity index (χ1v) is 6.85. The van der Waals surface area contributed by atoms with Crippen molar-refractivity contribution in [1.29, 1.82) is 0 Å². The van der Waals surface area contributed by atoms with Gasteiger partial charge in [0.1, 0.15) is 3.23 Å². The minimum Gasteiger partial charge on any atom is -0.373 e. The van der Waals surface area contributed by atoms with E-state index in [1.54, 1.807) is 0 Å². The largest absolute Gasteiger partial charge is 0.373 e. The molecule has 0 N–H and O–H groups in total. The molecule has 66 valence electrons. The lowest BCUT2D eigenvalue weighted by atomic mass is 10.3. The van der Waals surface area contributed by atoms with Gasteiger partial charge in [-0.25, -0.2) is 0 Å². The lowest BCUT2D eigenvalue weighted by Crippen LogP contribution is -2.29. The van der Waals surface area contributed by atoms with Crippen molar-refractivity contribution in [3.8, 4) is 0 Å². The van der Waals surface area contributed by atoms with Crippen LogP contribution >= 0.6 is 79.6 Å². The first-order chi connectivity index (χ1) is 4.83. The number of halogens is 5. The van der Waals surface area contributed by atoms with Crippen molar-refractivity contribution in [1.82, 2.24) is 0 Å². The molecule has 1 saturated heterocycles. The van der Waals surface area contributed by atoms with E-state index in [1.807, 2.05) is 0 Å². The van der Waals surface area contributed by atoms with E-state index in [-0.39, 0.29) is 5.38 Å². The molecule has 0 amide bonds. The topological polar surface area (TPSA) is 12.5 Å². The first kappa shape index (κ1) is 11.4. The Hall–Kier alpha value is 2.36. The van der Waals surface area contributed by atoms with Crippen LogP contribution in [0.4, 0.5) is 0 Å². The van der Waals surface area contributed by atoms with Crippen LogP contribution in [0.25, 0.3) is 0 Å². The van der Waals surface area contributed by atoms with Crippen molar-refractivity contribution in [3.63, 3.8) is 0 Å². The van der Waals surface area contributed by atoms with E-state index in [4.69, 9.17) is 4.74 Å². The van der Waals surface area contributed by atoms with Crippen LogP contribution in [0.1, 0.15) is 6.42 Å². The van der Waals surface area contributed by atoms with Crippen molar-refractivity contribution in [2.24, 2.45) is 0 Å². The fourth-order valence-corrected chi connectivity index (χ4v) is 1.80. The maximum atomic E-state index is 5.12. The van der Waals surface area contributed by atoms with Gasteiger partial charge < -0.3 is 4.74 Å². The molecule has 1 nitrogen and oxygen atoms in total. The molecule has 1 unspecified atom stereocenters. The Balaban J connectivity index is 2.49. The summed E-state index contributed by atoms with van der Waals surface area (Å²) in [7, 11) is 0. The molecule has 0 aliphatic carbocycles. The Bertz CT molecular complexity index is 147. The van der Waals surface area contributed by atoms with Gasteiger partial charge in [-0.3, -0.25) is 0 Å². The van der Waals surface area contributed by atoms with E-state index in [2.05, 4.69) is 79.6 Å². The van der Waals surface area contributed by atoms with Crippen LogP contribution in [0.15, 0.2) is 0 Å². The van der Waals surface area contributed by atoms with Gasteiger partial charge in [-0.15, -0.1) is 0 Å². The van der Waals surface area contributed by atoms with Crippen LogP contribution in [0.2, 0.25) is 0 Å². The van der Waals surface area contributed by atoms with Gasteiger partial charge in [0.15, 0.2) is 2.14 Å². The van der Waals surface area contributed by atoms with E-state index < -0.39 is 0 Å². The molecule has 1 aliphatic heterocycles. The molecule has 0 aromatic rings. The number of epoxide rings is 1. The molecule has 1 fully saturated rings. The molecule has 0 aromatic heterocycles. The molecule has 11 heavy (non-hydrogen) atoms. The van der Waals surface area contributed by atoms with E-state index in [0.717, 1.165) is 13.0 Å². The third kappa shape index (κ3) is 3.54. The van der Waals surface area contributed by atoms with Gasteiger partial charge in [0.2, 0.25) is 0 Å². The third-order valence-corrected chi connectivity index (χ3v) is 8.36. The molecular formula is C5H5Br5O. The maximum Gasteiger partial charge on any atom is 0.159 e. The first-order valence-electron chi connectivity index (χ1n) is 2.89. The molecular weight excluding hydrogens is 476 g/mol. The predicted molar refractivity (Wildman–Crippen MR) is 64.5 cm³/mol. The Kier molecular flexibility index (Phi) is 4.00. The standard InChI is InChI=1S/C5H5Br5O/c6-4(7,5(8,9)10)1-3-2-11-3/h3H,1-2H2. The zero-order valence-corrected chi connectivity index (χ0v) is 13.2. The summed E-state index contributed by atoms with van der Waals surface area (Å²) in [5.74, 6) is 0. The lowest BCUT2D eigenvalue weighted by Gasteiger charge is -2.28. The summed E-state index contributed by atoms with van der Waals surface area (Å²) < 4.78 is 4.55. The second-order valence-electron chi connectivity index (χ2n) is 2.36. The average molecular weight is 481 g/mol. The minimum absolute atomic E-state index is 0.228. The molecule has 1 heterocycles. The maximum absolute atomic E-state index is 5.12. The summed E-state index contributed by atoms with van der Waals surface area (Å²) in [6, 6.07) is 0. The van der Waals surface area contributed by atoms with E-state index in [0.29, 0.717) is 6.10 Å². The highest BCUT2D eigenvalue weighted by Crippen LogP contribution is 2.55. The minimum atomic E-state index is -0.341. The Morgan fingerprint density at radius 2 is 1.64 bits per heavy atom. The second-order valence-corrected chi connectivity index (χ2v) is 12.9. The molecule has 0 radical (unpaired) electrons. The summed E-state index contributed by atoms with van der Waals surface area (Å²) in [6.45, 7) is 0.863. The molecule has 0 bridgehead atoms. The van der Waals surface area contributed by atoms with E-state index in [1.165, 1.54) is 0 Å². The highest BCUT2D eigenvalue weighted by atomic mass is 80.0. The van der Waals surface area contributed by atoms with Gasteiger partial charge in [0, 0.05) is 6.42 Å². The van der Waals surface area contributed by atoms with Gasteiger partial charge in [0.25, 0.3) is 0 Å². The molecule has 1 aliphatic rings. The quantitative estimate of drug-likeness (QED) is 0.428. The van der Waals surface area contributed by atoms with E-state index >= 15 is 0 Å². The third-order valence-electron chi connectivity index (χ3n) is 1.30. The Labute approximate surface area is 108 Å². The summed E-state index contributed by atoms with van der Waals surface area (Å²) in [5, 5.41) is 0. The monoisotopic (exact) mass is 476 g/mol. The van der Waals surface area contributed by atoms with Crippen LogP contribution in [0, 0.1) is 0 Å². The van der Waals surface area contributed by atoms with Crippen LogP contribution < -0.4 is 0 Å². The average Bonchev–Trinajstić information content (AvgIpc) is 2.45. The van der Waals surface area contributed by atoms with Crippen molar-refractivity contribution >= 4 is 79.6 Å². The predicted octanol–water partition coefficient (Wildman–Crippen LogP) is 4.10.